The van der Waals surface area contributed by atoms with Gasteiger partial charge in [0.05, 0.1) is 5.56 Å². The first-order valence-corrected chi connectivity index (χ1v) is 9.92. The standard InChI is InChI=1S/C20H25F2N3O3.ClH/c21-20(22)28-17-6-2-1-4-15(17)19(27)25-9-3-5-16(25)18(26)24-14-10-12-7-8-13(11-14)23-12;/h1-2,4,6,12-14,16,20,23H,3,5,7-11H2,(H,24,26);1H. The fourth-order valence-electron chi connectivity index (χ4n) is 4.75. The highest BCUT2D eigenvalue weighted by molar-refractivity contribution is 6.00. The number of nitrogens with zero attached hydrogens (tertiary/aromatic N) is 1. The lowest BCUT2D eigenvalue weighted by molar-refractivity contribution is -0.125. The van der Waals surface area contributed by atoms with Crippen molar-refractivity contribution in [1.29, 1.82) is 0 Å². The summed E-state index contributed by atoms with van der Waals surface area (Å²) in [6.07, 6.45) is 5.40. The molecule has 3 aliphatic heterocycles. The number of benzene rings is 1. The second-order valence-electron chi connectivity index (χ2n) is 7.85. The van der Waals surface area contributed by atoms with Gasteiger partial charge in [-0.3, -0.25) is 9.59 Å². The maximum absolute atomic E-state index is 13.0. The van der Waals surface area contributed by atoms with Crippen LogP contribution in [0.25, 0.3) is 0 Å². The van der Waals surface area contributed by atoms with Crippen LogP contribution in [0.4, 0.5) is 8.78 Å². The molecule has 3 fully saturated rings. The molecule has 0 radical (unpaired) electrons. The summed E-state index contributed by atoms with van der Waals surface area (Å²) in [6.45, 7) is -2.58. The van der Waals surface area contributed by atoms with Gasteiger partial charge in [-0.05, 0) is 50.7 Å². The van der Waals surface area contributed by atoms with Gasteiger partial charge in [-0.1, -0.05) is 12.1 Å². The van der Waals surface area contributed by atoms with Gasteiger partial charge >= 0.3 is 6.61 Å². The Hall–Kier alpha value is -1.93. The van der Waals surface area contributed by atoms with E-state index in [4.69, 9.17) is 0 Å². The summed E-state index contributed by atoms with van der Waals surface area (Å²) < 4.78 is 29.8. The molecule has 2 bridgehead atoms. The van der Waals surface area contributed by atoms with Crippen molar-refractivity contribution in [2.45, 2.75) is 69.3 Å². The van der Waals surface area contributed by atoms with Gasteiger partial charge in [0.25, 0.3) is 5.91 Å². The number of hydrogen-bond donors (Lipinski definition) is 2. The number of amides is 2. The molecular formula is C20H26ClF2N3O3. The number of fused-ring (bicyclic) bond motifs is 2. The summed E-state index contributed by atoms with van der Waals surface area (Å²) in [6, 6.07) is 6.41. The fourth-order valence-corrected chi connectivity index (χ4v) is 4.75. The number of piperidine rings is 1. The van der Waals surface area contributed by atoms with Crippen LogP contribution in [-0.2, 0) is 4.79 Å². The van der Waals surface area contributed by atoms with Crippen LogP contribution >= 0.6 is 12.4 Å². The molecule has 3 heterocycles. The first-order chi connectivity index (χ1) is 13.5. The summed E-state index contributed by atoms with van der Waals surface area (Å²) >= 11 is 0. The van der Waals surface area contributed by atoms with Crippen molar-refractivity contribution in [3.05, 3.63) is 29.8 Å². The zero-order valence-electron chi connectivity index (χ0n) is 16.0. The molecule has 1 aromatic carbocycles. The van der Waals surface area contributed by atoms with Crippen molar-refractivity contribution in [3.63, 3.8) is 0 Å². The van der Waals surface area contributed by atoms with Crippen LogP contribution < -0.4 is 15.4 Å². The molecule has 0 aromatic heterocycles. The van der Waals surface area contributed by atoms with Crippen LogP contribution in [0.2, 0.25) is 0 Å². The number of likely N-dealkylation sites (tertiary alicyclic amines) is 1. The monoisotopic (exact) mass is 429 g/mol. The van der Waals surface area contributed by atoms with E-state index < -0.39 is 18.6 Å². The Bertz CT molecular complexity index is 739. The maximum Gasteiger partial charge on any atom is 0.387 e. The number of carbonyl (C=O) groups is 2. The van der Waals surface area contributed by atoms with Gasteiger partial charge in [-0.2, -0.15) is 8.78 Å². The molecule has 6 nitrogen and oxygen atoms in total. The average Bonchev–Trinajstić information content (AvgIpc) is 3.28. The van der Waals surface area contributed by atoms with Crippen LogP contribution in [0.3, 0.4) is 0 Å². The van der Waals surface area contributed by atoms with Crippen molar-refractivity contribution in [1.82, 2.24) is 15.5 Å². The van der Waals surface area contributed by atoms with Crippen LogP contribution in [0.1, 0.15) is 48.9 Å². The first kappa shape index (κ1) is 21.8. The van der Waals surface area contributed by atoms with E-state index in [2.05, 4.69) is 15.4 Å². The van der Waals surface area contributed by atoms with Crippen molar-refractivity contribution in [3.8, 4) is 5.75 Å². The van der Waals surface area contributed by atoms with E-state index in [1.807, 2.05) is 0 Å². The first-order valence-electron chi connectivity index (χ1n) is 9.92. The van der Waals surface area contributed by atoms with Gasteiger partial charge in [0, 0.05) is 24.7 Å². The van der Waals surface area contributed by atoms with Crippen molar-refractivity contribution < 1.29 is 23.1 Å². The minimum Gasteiger partial charge on any atom is -0.434 e. The molecule has 29 heavy (non-hydrogen) atoms. The van der Waals surface area contributed by atoms with Gasteiger partial charge in [0.1, 0.15) is 11.8 Å². The van der Waals surface area contributed by atoms with E-state index >= 15 is 0 Å². The quantitative estimate of drug-likeness (QED) is 0.755. The Morgan fingerprint density at radius 3 is 2.52 bits per heavy atom. The Morgan fingerprint density at radius 2 is 1.83 bits per heavy atom. The molecule has 160 valence electrons. The number of hydrogen-bond acceptors (Lipinski definition) is 4. The number of rotatable bonds is 5. The highest BCUT2D eigenvalue weighted by Gasteiger charge is 2.39. The molecular weight excluding hydrogens is 404 g/mol. The Kier molecular flexibility index (Phi) is 6.95. The third-order valence-electron chi connectivity index (χ3n) is 5.97. The van der Waals surface area contributed by atoms with Crippen LogP contribution in [0.5, 0.6) is 5.75 Å². The minimum absolute atomic E-state index is 0. The third-order valence-corrected chi connectivity index (χ3v) is 5.97. The van der Waals surface area contributed by atoms with Crippen molar-refractivity contribution in [2.75, 3.05) is 6.54 Å². The third kappa shape index (κ3) is 4.80. The number of para-hydroxylation sites is 1. The predicted octanol–water partition coefficient (Wildman–Crippen LogP) is 2.71. The zero-order chi connectivity index (χ0) is 19.7. The smallest absolute Gasteiger partial charge is 0.387 e. The Balaban J connectivity index is 0.00000240. The van der Waals surface area contributed by atoms with E-state index in [0.29, 0.717) is 31.5 Å². The minimum atomic E-state index is -3.01. The lowest BCUT2D eigenvalue weighted by Crippen LogP contribution is -2.53. The molecule has 3 aliphatic rings. The van der Waals surface area contributed by atoms with Gasteiger partial charge in [0.2, 0.25) is 5.91 Å². The molecule has 2 N–H and O–H groups in total. The Morgan fingerprint density at radius 1 is 1.14 bits per heavy atom. The number of carbonyl (C=O) groups excluding carboxylic acids is 2. The van der Waals surface area contributed by atoms with Crippen molar-refractivity contribution in [2.24, 2.45) is 0 Å². The normalized spacial score (nSPS) is 28.2. The van der Waals surface area contributed by atoms with Crippen molar-refractivity contribution >= 4 is 24.2 Å². The second-order valence-corrected chi connectivity index (χ2v) is 7.85. The fraction of sp³-hybridized carbons (Fsp3) is 0.600. The molecule has 0 spiro atoms. The lowest BCUT2D eigenvalue weighted by Gasteiger charge is -2.32. The van der Waals surface area contributed by atoms with E-state index in [-0.39, 0.29) is 35.7 Å². The summed E-state index contributed by atoms with van der Waals surface area (Å²) in [5.41, 5.74) is 0.0578. The molecule has 3 saturated heterocycles. The summed E-state index contributed by atoms with van der Waals surface area (Å²) in [7, 11) is 0. The topological polar surface area (TPSA) is 70.7 Å². The maximum atomic E-state index is 13.0. The van der Waals surface area contributed by atoms with Crippen LogP contribution in [0, 0.1) is 0 Å². The lowest BCUT2D eigenvalue weighted by atomic mass is 9.99. The van der Waals surface area contributed by atoms with Gasteiger partial charge in [-0.15, -0.1) is 12.4 Å². The second kappa shape index (κ2) is 9.26. The number of ether oxygens (including phenoxy) is 1. The zero-order valence-corrected chi connectivity index (χ0v) is 16.8. The SMILES string of the molecule is Cl.O=C(NC1CC2CCC(C1)N2)C1CCCN1C(=O)c1ccccc1OC(F)F. The molecule has 3 atom stereocenters. The summed E-state index contributed by atoms with van der Waals surface area (Å²) in [4.78, 5) is 27.3. The number of nitrogens with one attached hydrogen (secondary N) is 2. The van der Waals surface area contributed by atoms with Crippen LogP contribution in [0.15, 0.2) is 24.3 Å². The molecule has 9 heteroatoms. The highest BCUT2D eigenvalue weighted by Crippen LogP contribution is 2.29. The number of alkyl halides is 2. The molecule has 1 aromatic rings. The Labute approximate surface area is 174 Å². The average molecular weight is 430 g/mol. The van der Waals surface area contributed by atoms with Gasteiger partial charge in [-0.25, -0.2) is 0 Å². The van der Waals surface area contributed by atoms with Gasteiger partial charge in [0.15, 0.2) is 0 Å². The summed E-state index contributed by atoms with van der Waals surface area (Å²) in [5, 5.41) is 6.66. The summed E-state index contributed by atoms with van der Waals surface area (Å²) in [5.74, 6) is -0.757. The highest BCUT2D eigenvalue weighted by atomic mass is 35.5. The van der Waals surface area contributed by atoms with E-state index in [0.717, 1.165) is 25.7 Å². The molecule has 3 unspecified atom stereocenters. The molecule has 4 rings (SSSR count). The van der Waals surface area contributed by atoms with E-state index in [1.165, 1.54) is 23.1 Å². The number of halogens is 3. The predicted molar refractivity (Wildman–Crippen MR) is 105 cm³/mol. The van der Waals surface area contributed by atoms with E-state index in [9.17, 15) is 18.4 Å². The van der Waals surface area contributed by atoms with Gasteiger partial charge < -0.3 is 20.3 Å². The van der Waals surface area contributed by atoms with E-state index in [1.54, 1.807) is 6.07 Å². The molecule has 0 saturated carbocycles. The van der Waals surface area contributed by atoms with Crippen LogP contribution in [-0.4, -0.2) is 54.0 Å². The largest absolute Gasteiger partial charge is 0.434 e. The molecule has 2 amide bonds. The molecule has 0 aliphatic carbocycles.